The summed E-state index contributed by atoms with van der Waals surface area (Å²) in [5.41, 5.74) is 0. The second-order valence-electron chi connectivity index (χ2n) is 4.65. The maximum absolute atomic E-state index is 9.72. The number of β-amino-alcohol motifs (C(OH)–C–C–N with tert-alkyl or cyclic N) is 1. The van der Waals surface area contributed by atoms with Gasteiger partial charge in [-0.2, -0.15) is 0 Å². The number of aliphatic hydroxyl groups excluding tert-OH is 1. The first-order valence-corrected chi connectivity index (χ1v) is 6.74. The molecule has 0 radical (unpaired) electrons. The number of aliphatic hydroxyl groups is 1. The largest absolute Gasteiger partial charge is 0.391 e. The third kappa shape index (κ3) is 2.90. The van der Waals surface area contributed by atoms with Crippen molar-refractivity contribution >= 4 is 11.6 Å². The highest BCUT2D eigenvalue weighted by Gasteiger charge is 2.19. The molecule has 5 heteroatoms. The first-order chi connectivity index (χ1) is 8.74. The molecular formula is C13H22N4O. The van der Waals surface area contributed by atoms with Crippen LogP contribution < -0.4 is 9.80 Å². The molecule has 0 unspecified atom stereocenters. The van der Waals surface area contributed by atoms with Crippen molar-refractivity contribution in [2.24, 2.45) is 0 Å². The van der Waals surface area contributed by atoms with Crippen LogP contribution >= 0.6 is 0 Å². The minimum atomic E-state index is -0.231. The van der Waals surface area contributed by atoms with Crippen LogP contribution in [0.3, 0.4) is 0 Å². The molecule has 1 aromatic rings. The minimum Gasteiger partial charge on any atom is -0.391 e. The average Bonchev–Trinajstić information content (AvgIpc) is 2.41. The summed E-state index contributed by atoms with van der Waals surface area (Å²) in [5.74, 6) is 1.88. The Morgan fingerprint density at radius 3 is 2.83 bits per heavy atom. The van der Waals surface area contributed by atoms with Crippen molar-refractivity contribution in [3.8, 4) is 0 Å². The van der Waals surface area contributed by atoms with Gasteiger partial charge < -0.3 is 14.9 Å². The highest BCUT2D eigenvalue weighted by molar-refractivity contribution is 5.50. The van der Waals surface area contributed by atoms with Crippen molar-refractivity contribution in [3.63, 3.8) is 0 Å². The molecule has 0 spiro atoms. The van der Waals surface area contributed by atoms with Crippen LogP contribution in [-0.2, 0) is 0 Å². The maximum atomic E-state index is 9.72. The summed E-state index contributed by atoms with van der Waals surface area (Å²) in [6.45, 7) is 7.76. The molecule has 0 bridgehead atoms. The fraction of sp³-hybridized carbons (Fsp3) is 0.692. The highest BCUT2D eigenvalue weighted by Crippen LogP contribution is 2.21. The summed E-state index contributed by atoms with van der Waals surface area (Å²) in [7, 11) is 0. The zero-order valence-electron chi connectivity index (χ0n) is 11.2. The molecule has 1 fully saturated rings. The van der Waals surface area contributed by atoms with Gasteiger partial charge in [0.25, 0.3) is 0 Å². The normalized spacial score (nSPS) is 19.9. The molecule has 5 nitrogen and oxygen atoms in total. The summed E-state index contributed by atoms with van der Waals surface area (Å²) >= 11 is 0. The lowest BCUT2D eigenvalue weighted by Crippen LogP contribution is -2.38. The number of aromatic nitrogens is 2. The third-order valence-corrected chi connectivity index (χ3v) is 3.45. The van der Waals surface area contributed by atoms with Crippen molar-refractivity contribution in [3.05, 3.63) is 12.4 Å². The van der Waals surface area contributed by atoms with Gasteiger partial charge in [-0.1, -0.05) is 0 Å². The molecule has 0 aromatic carbocycles. The Morgan fingerprint density at radius 1 is 1.39 bits per heavy atom. The number of hydrogen-bond acceptors (Lipinski definition) is 5. The maximum Gasteiger partial charge on any atom is 0.134 e. The monoisotopic (exact) mass is 250 g/mol. The topological polar surface area (TPSA) is 52.5 Å². The van der Waals surface area contributed by atoms with Crippen molar-refractivity contribution in [1.29, 1.82) is 0 Å². The van der Waals surface area contributed by atoms with Gasteiger partial charge in [0.1, 0.15) is 18.0 Å². The number of rotatable bonds is 4. The fourth-order valence-electron chi connectivity index (χ4n) is 2.39. The Morgan fingerprint density at radius 2 is 2.17 bits per heavy atom. The van der Waals surface area contributed by atoms with Crippen LogP contribution in [0, 0.1) is 0 Å². The van der Waals surface area contributed by atoms with Gasteiger partial charge in [0, 0.05) is 32.2 Å². The molecule has 18 heavy (non-hydrogen) atoms. The van der Waals surface area contributed by atoms with Gasteiger partial charge in [-0.15, -0.1) is 0 Å². The Labute approximate surface area is 108 Å². The van der Waals surface area contributed by atoms with E-state index in [1.165, 1.54) is 0 Å². The van der Waals surface area contributed by atoms with E-state index in [2.05, 4.69) is 33.6 Å². The lowest BCUT2D eigenvalue weighted by atomic mass is 10.1. The molecule has 1 atom stereocenters. The molecule has 2 rings (SSSR count). The van der Waals surface area contributed by atoms with E-state index in [0.29, 0.717) is 6.54 Å². The highest BCUT2D eigenvalue weighted by atomic mass is 16.3. The van der Waals surface area contributed by atoms with Gasteiger partial charge in [-0.3, -0.25) is 0 Å². The van der Waals surface area contributed by atoms with Crippen LogP contribution in [0.1, 0.15) is 26.7 Å². The first kappa shape index (κ1) is 13.1. The van der Waals surface area contributed by atoms with E-state index in [9.17, 15) is 5.11 Å². The zero-order valence-corrected chi connectivity index (χ0v) is 11.2. The van der Waals surface area contributed by atoms with E-state index in [1.807, 2.05) is 6.07 Å². The zero-order chi connectivity index (χ0) is 13.0. The van der Waals surface area contributed by atoms with Crippen LogP contribution in [0.5, 0.6) is 0 Å². The van der Waals surface area contributed by atoms with Crippen molar-refractivity contribution < 1.29 is 5.11 Å². The van der Waals surface area contributed by atoms with Gasteiger partial charge in [0.15, 0.2) is 0 Å². The molecule has 1 aromatic heterocycles. The summed E-state index contributed by atoms with van der Waals surface area (Å²) in [6, 6.07) is 2.02. The predicted molar refractivity (Wildman–Crippen MR) is 73.0 cm³/mol. The van der Waals surface area contributed by atoms with Gasteiger partial charge in [0.05, 0.1) is 6.10 Å². The van der Waals surface area contributed by atoms with Crippen LogP contribution in [-0.4, -0.2) is 47.4 Å². The molecule has 0 amide bonds. The number of anilines is 2. The van der Waals surface area contributed by atoms with E-state index < -0.39 is 0 Å². The van der Waals surface area contributed by atoms with Crippen LogP contribution in [0.15, 0.2) is 12.4 Å². The van der Waals surface area contributed by atoms with Gasteiger partial charge in [-0.05, 0) is 26.7 Å². The Kier molecular flexibility index (Phi) is 4.36. The van der Waals surface area contributed by atoms with Crippen LogP contribution in [0.2, 0.25) is 0 Å². The molecule has 0 saturated carbocycles. The number of hydrogen-bond donors (Lipinski definition) is 1. The second kappa shape index (κ2) is 6.00. The standard InChI is InChI=1S/C13H22N4O/c1-3-16(4-2)12-8-13(15-10-14-12)17-7-5-6-11(18)9-17/h8,10-11,18H,3-7,9H2,1-2H3/t11-/m1/s1. The first-order valence-electron chi connectivity index (χ1n) is 6.74. The fourth-order valence-corrected chi connectivity index (χ4v) is 2.39. The number of piperidine rings is 1. The molecule has 1 N–H and O–H groups in total. The van der Waals surface area contributed by atoms with E-state index in [1.54, 1.807) is 6.33 Å². The molecule has 1 aliphatic rings. The van der Waals surface area contributed by atoms with Gasteiger partial charge in [-0.25, -0.2) is 9.97 Å². The van der Waals surface area contributed by atoms with E-state index >= 15 is 0 Å². The van der Waals surface area contributed by atoms with Crippen LogP contribution in [0.25, 0.3) is 0 Å². The lowest BCUT2D eigenvalue weighted by Gasteiger charge is -2.31. The molecule has 0 aliphatic carbocycles. The molecule has 2 heterocycles. The quantitative estimate of drug-likeness (QED) is 0.872. The minimum absolute atomic E-state index is 0.231. The third-order valence-electron chi connectivity index (χ3n) is 3.45. The van der Waals surface area contributed by atoms with E-state index in [0.717, 1.165) is 44.1 Å². The van der Waals surface area contributed by atoms with Crippen LogP contribution in [0.4, 0.5) is 11.6 Å². The van der Waals surface area contributed by atoms with Gasteiger partial charge >= 0.3 is 0 Å². The van der Waals surface area contributed by atoms with E-state index in [4.69, 9.17) is 0 Å². The second-order valence-corrected chi connectivity index (χ2v) is 4.65. The summed E-state index contributed by atoms with van der Waals surface area (Å²) in [6.07, 6.45) is 3.30. The predicted octanol–water partition coefficient (Wildman–Crippen LogP) is 1.28. The van der Waals surface area contributed by atoms with Gasteiger partial charge in [0.2, 0.25) is 0 Å². The Bertz CT molecular complexity index is 381. The molecule has 100 valence electrons. The number of nitrogens with zero attached hydrogens (tertiary/aromatic N) is 4. The lowest BCUT2D eigenvalue weighted by molar-refractivity contribution is 0.154. The van der Waals surface area contributed by atoms with Crippen molar-refractivity contribution in [2.45, 2.75) is 32.8 Å². The summed E-state index contributed by atoms with van der Waals surface area (Å²) in [4.78, 5) is 13.0. The average molecular weight is 250 g/mol. The van der Waals surface area contributed by atoms with Crippen molar-refractivity contribution in [2.75, 3.05) is 36.0 Å². The molecule has 1 saturated heterocycles. The molecule has 1 aliphatic heterocycles. The van der Waals surface area contributed by atoms with E-state index in [-0.39, 0.29) is 6.10 Å². The van der Waals surface area contributed by atoms with Crippen molar-refractivity contribution in [1.82, 2.24) is 9.97 Å². The summed E-state index contributed by atoms with van der Waals surface area (Å²) in [5, 5.41) is 9.72. The summed E-state index contributed by atoms with van der Waals surface area (Å²) < 4.78 is 0. The SMILES string of the molecule is CCN(CC)c1cc(N2CCC[C@@H](O)C2)ncn1. The Hall–Kier alpha value is -1.36. The molecular weight excluding hydrogens is 228 g/mol. The smallest absolute Gasteiger partial charge is 0.134 e. The Balaban J connectivity index is 2.15.